The first kappa shape index (κ1) is 14.6. The van der Waals surface area contributed by atoms with E-state index in [1.807, 2.05) is 30.5 Å². The first-order valence-corrected chi connectivity index (χ1v) is 8.95. The van der Waals surface area contributed by atoms with Gasteiger partial charge in [-0.15, -0.1) is 16.4 Å². The molecule has 1 aliphatic rings. The van der Waals surface area contributed by atoms with Crippen LogP contribution in [0.4, 0.5) is 5.69 Å². The molecule has 0 aromatic carbocycles. The Morgan fingerprint density at radius 2 is 2.05 bits per heavy atom. The van der Waals surface area contributed by atoms with E-state index in [9.17, 15) is 4.79 Å². The van der Waals surface area contributed by atoms with Gasteiger partial charge < -0.3 is 10.6 Å². The fourth-order valence-corrected chi connectivity index (χ4v) is 4.45. The second kappa shape index (κ2) is 5.81. The van der Waals surface area contributed by atoms with Gasteiger partial charge in [0.2, 0.25) is 0 Å². The lowest BCUT2D eigenvalue weighted by molar-refractivity contribution is 0.0774. The van der Waals surface area contributed by atoms with Crippen molar-refractivity contribution in [1.29, 1.82) is 0 Å². The van der Waals surface area contributed by atoms with Crippen LogP contribution in [0.5, 0.6) is 0 Å². The smallest absolute Gasteiger partial charge is 0.266 e. The van der Waals surface area contributed by atoms with Gasteiger partial charge in [0, 0.05) is 24.2 Å². The number of aromatic nitrogens is 2. The van der Waals surface area contributed by atoms with E-state index in [-0.39, 0.29) is 5.91 Å². The van der Waals surface area contributed by atoms with E-state index in [0.717, 1.165) is 52.5 Å². The second-order valence-corrected chi connectivity index (χ2v) is 7.42. The zero-order valence-electron chi connectivity index (χ0n) is 12.2. The van der Waals surface area contributed by atoms with Crippen molar-refractivity contribution in [1.82, 2.24) is 15.1 Å². The average molecular weight is 322 g/mol. The number of carbonyl (C=O) groups excluding carboxylic acids is 1. The summed E-state index contributed by atoms with van der Waals surface area (Å²) in [4.78, 5) is 16.0. The van der Waals surface area contributed by atoms with Crippen molar-refractivity contribution in [2.45, 2.75) is 20.3 Å². The maximum absolute atomic E-state index is 12.7. The Kier molecular flexibility index (Phi) is 4.03. The molecule has 3 heterocycles. The molecule has 0 spiro atoms. The zero-order valence-corrected chi connectivity index (χ0v) is 13.8. The van der Waals surface area contributed by atoms with Crippen LogP contribution in [0, 0.1) is 13.8 Å². The molecular formula is C14H18N4OS2. The number of nitrogen functional groups attached to an aromatic ring is 1. The van der Waals surface area contributed by atoms with Crippen LogP contribution in [0.15, 0.2) is 0 Å². The highest BCUT2D eigenvalue weighted by Gasteiger charge is 2.24. The Labute approximate surface area is 131 Å². The molecule has 21 heavy (non-hydrogen) atoms. The van der Waals surface area contributed by atoms with Gasteiger partial charge in [-0.3, -0.25) is 4.79 Å². The Morgan fingerprint density at radius 3 is 2.86 bits per heavy atom. The summed E-state index contributed by atoms with van der Waals surface area (Å²) in [6, 6.07) is 0. The molecule has 1 fully saturated rings. The van der Waals surface area contributed by atoms with Crippen LogP contribution >= 0.6 is 23.1 Å². The molecular weight excluding hydrogens is 304 g/mol. The van der Waals surface area contributed by atoms with E-state index >= 15 is 0 Å². The van der Waals surface area contributed by atoms with Crippen molar-refractivity contribution in [2.24, 2.45) is 0 Å². The van der Waals surface area contributed by atoms with E-state index in [0.29, 0.717) is 10.6 Å². The van der Waals surface area contributed by atoms with Crippen LogP contribution in [-0.2, 0) is 0 Å². The van der Waals surface area contributed by atoms with Crippen molar-refractivity contribution in [2.75, 3.05) is 30.3 Å². The SMILES string of the molecule is Cc1nnc2sc(C(=O)N3CCCSCC3)c(N)c2c1C. The van der Waals surface area contributed by atoms with Gasteiger partial charge in [-0.05, 0) is 31.6 Å². The summed E-state index contributed by atoms with van der Waals surface area (Å²) >= 11 is 3.26. The normalized spacial score (nSPS) is 16.2. The summed E-state index contributed by atoms with van der Waals surface area (Å²) in [5.74, 6) is 2.15. The molecule has 2 aromatic rings. The van der Waals surface area contributed by atoms with Crippen LogP contribution in [0.25, 0.3) is 10.2 Å². The average Bonchev–Trinajstić information content (AvgIpc) is 2.67. The van der Waals surface area contributed by atoms with Crippen molar-refractivity contribution in [3.8, 4) is 0 Å². The predicted molar refractivity (Wildman–Crippen MR) is 89.1 cm³/mol. The number of amides is 1. The molecule has 7 heteroatoms. The number of nitrogens with zero attached hydrogens (tertiary/aromatic N) is 3. The summed E-state index contributed by atoms with van der Waals surface area (Å²) in [7, 11) is 0. The van der Waals surface area contributed by atoms with Gasteiger partial charge in [0.05, 0.1) is 11.4 Å². The van der Waals surface area contributed by atoms with Gasteiger partial charge >= 0.3 is 0 Å². The number of thioether (sulfide) groups is 1. The Morgan fingerprint density at radius 1 is 1.24 bits per heavy atom. The summed E-state index contributed by atoms with van der Waals surface area (Å²) < 4.78 is 0. The third kappa shape index (κ3) is 2.60. The highest BCUT2D eigenvalue weighted by atomic mass is 32.2. The number of carbonyl (C=O) groups is 1. The van der Waals surface area contributed by atoms with E-state index < -0.39 is 0 Å². The molecule has 112 valence electrons. The Bertz CT molecular complexity index is 690. The second-order valence-electron chi connectivity index (χ2n) is 5.19. The standard InChI is InChI=1S/C14H18N4OS2/c1-8-9(2)16-17-13-10(8)11(15)12(21-13)14(19)18-4-3-6-20-7-5-18/h3-7,15H2,1-2H3. The molecule has 0 saturated carbocycles. The lowest BCUT2D eigenvalue weighted by atomic mass is 10.1. The Balaban J connectivity index is 2.02. The minimum Gasteiger partial charge on any atom is -0.397 e. The summed E-state index contributed by atoms with van der Waals surface area (Å²) in [6.07, 6.45) is 1.04. The molecule has 1 amide bonds. The maximum Gasteiger partial charge on any atom is 0.266 e. The number of thiophene rings is 1. The van der Waals surface area contributed by atoms with Crippen molar-refractivity contribution >= 4 is 44.9 Å². The fraction of sp³-hybridized carbons (Fsp3) is 0.500. The first-order chi connectivity index (χ1) is 10.1. The molecule has 0 unspecified atom stereocenters. The van der Waals surface area contributed by atoms with Crippen LogP contribution < -0.4 is 5.73 Å². The molecule has 0 aliphatic carbocycles. The van der Waals surface area contributed by atoms with E-state index in [1.165, 1.54) is 11.3 Å². The van der Waals surface area contributed by atoms with E-state index in [1.54, 1.807) is 0 Å². The Hall–Kier alpha value is -1.34. The number of aryl methyl sites for hydroxylation is 2. The lowest BCUT2D eigenvalue weighted by Crippen LogP contribution is -2.32. The third-order valence-corrected chi connectivity index (χ3v) is 5.97. The molecule has 2 N–H and O–H groups in total. The summed E-state index contributed by atoms with van der Waals surface area (Å²) in [5, 5.41) is 9.20. The number of anilines is 1. The van der Waals surface area contributed by atoms with Gasteiger partial charge in [0.1, 0.15) is 9.71 Å². The monoisotopic (exact) mass is 322 g/mol. The van der Waals surface area contributed by atoms with Gasteiger partial charge in [0.15, 0.2) is 0 Å². The largest absolute Gasteiger partial charge is 0.397 e. The molecule has 1 aliphatic heterocycles. The molecule has 0 radical (unpaired) electrons. The van der Waals surface area contributed by atoms with Crippen molar-refractivity contribution in [3.05, 3.63) is 16.1 Å². The summed E-state index contributed by atoms with van der Waals surface area (Å²) in [5.41, 5.74) is 8.68. The minimum atomic E-state index is 0.0371. The predicted octanol–water partition coefficient (Wildman–Crippen LogP) is 2.47. The highest BCUT2D eigenvalue weighted by molar-refractivity contribution is 7.99. The van der Waals surface area contributed by atoms with Gasteiger partial charge in [0.25, 0.3) is 5.91 Å². The molecule has 2 aromatic heterocycles. The number of hydrogen-bond acceptors (Lipinski definition) is 6. The van der Waals surface area contributed by atoms with E-state index in [2.05, 4.69) is 10.2 Å². The topological polar surface area (TPSA) is 72.1 Å². The number of hydrogen-bond donors (Lipinski definition) is 1. The number of nitrogens with two attached hydrogens (primary N) is 1. The highest BCUT2D eigenvalue weighted by Crippen LogP contribution is 2.35. The summed E-state index contributed by atoms with van der Waals surface area (Å²) in [6.45, 7) is 5.49. The van der Waals surface area contributed by atoms with E-state index in [4.69, 9.17) is 5.73 Å². The van der Waals surface area contributed by atoms with Crippen LogP contribution in [0.3, 0.4) is 0 Å². The minimum absolute atomic E-state index is 0.0371. The van der Waals surface area contributed by atoms with Crippen molar-refractivity contribution < 1.29 is 4.79 Å². The first-order valence-electron chi connectivity index (χ1n) is 6.98. The van der Waals surface area contributed by atoms with Crippen LogP contribution in [0.1, 0.15) is 27.3 Å². The maximum atomic E-state index is 12.7. The molecule has 3 rings (SSSR count). The molecule has 0 atom stereocenters. The molecule has 0 bridgehead atoms. The number of fused-ring (bicyclic) bond motifs is 1. The lowest BCUT2D eigenvalue weighted by Gasteiger charge is -2.19. The zero-order chi connectivity index (χ0) is 15.0. The number of rotatable bonds is 1. The third-order valence-electron chi connectivity index (χ3n) is 3.84. The van der Waals surface area contributed by atoms with Crippen LogP contribution in [0.2, 0.25) is 0 Å². The van der Waals surface area contributed by atoms with Gasteiger partial charge in [-0.2, -0.15) is 16.9 Å². The molecule has 5 nitrogen and oxygen atoms in total. The van der Waals surface area contributed by atoms with Gasteiger partial charge in [-0.25, -0.2) is 0 Å². The van der Waals surface area contributed by atoms with Gasteiger partial charge in [-0.1, -0.05) is 0 Å². The fourth-order valence-electron chi connectivity index (χ4n) is 2.49. The molecule has 1 saturated heterocycles. The van der Waals surface area contributed by atoms with Crippen LogP contribution in [-0.4, -0.2) is 45.6 Å². The van der Waals surface area contributed by atoms with Crippen molar-refractivity contribution in [3.63, 3.8) is 0 Å². The quantitative estimate of drug-likeness (QED) is 0.873.